The van der Waals surface area contributed by atoms with Crippen molar-refractivity contribution in [2.24, 2.45) is 5.11 Å². The Morgan fingerprint density at radius 3 is 3.38 bits per heavy atom. The van der Waals surface area contributed by atoms with Gasteiger partial charge in [-0.05, 0) is 16.5 Å². The van der Waals surface area contributed by atoms with Crippen LogP contribution in [0.15, 0.2) is 23.0 Å². The van der Waals surface area contributed by atoms with Crippen LogP contribution in [-0.2, 0) is 6.54 Å². The molecule has 0 aliphatic rings. The van der Waals surface area contributed by atoms with Crippen molar-refractivity contribution in [2.45, 2.75) is 6.54 Å². The topological polar surface area (TPSA) is 74.5 Å². The van der Waals surface area contributed by atoms with Gasteiger partial charge < -0.3 is 0 Å². The molecule has 0 unspecified atom stereocenters. The average molecular weight is 191 g/mol. The lowest BCUT2D eigenvalue weighted by molar-refractivity contribution is 1.06. The fourth-order valence-electron chi connectivity index (χ4n) is 1.05. The molecule has 0 bridgehead atoms. The molecule has 0 fully saturated rings. The van der Waals surface area contributed by atoms with Crippen LogP contribution < -0.4 is 0 Å². The van der Waals surface area contributed by atoms with E-state index in [2.05, 4.69) is 20.0 Å². The average Bonchev–Trinajstić information content (AvgIpc) is 2.58. The number of azide groups is 1. The third kappa shape index (κ3) is 1.44. The van der Waals surface area contributed by atoms with Crippen molar-refractivity contribution in [3.8, 4) is 0 Å². The molecule has 0 spiro atoms. The second kappa shape index (κ2) is 3.38. The Balaban J connectivity index is 2.51. The molecule has 64 valence electrons. The Bertz CT molecular complexity index is 470. The van der Waals surface area contributed by atoms with Gasteiger partial charge in [0, 0.05) is 11.1 Å². The molecule has 5 nitrogen and oxygen atoms in total. The molecule has 2 heterocycles. The van der Waals surface area contributed by atoms with Gasteiger partial charge in [-0.3, -0.25) is 0 Å². The second-order valence-corrected chi connectivity index (χ2v) is 3.30. The summed E-state index contributed by atoms with van der Waals surface area (Å²) in [6.45, 7) is 0.355. The largest absolute Gasteiger partial charge is 0.243 e. The van der Waals surface area contributed by atoms with E-state index in [9.17, 15) is 0 Å². The lowest BCUT2D eigenvalue weighted by Crippen LogP contribution is -1.81. The molecule has 0 aliphatic heterocycles. The summed E-state index contributed by atoms with van der Waals surface area (Å²) in [5.41, 5.74) is 10.0. The molecular formula is C7H5N5S. The Labute approximate surface area is 77.7 Å². The van der Waals surface area contributed by atoms with E-state index in [0.717, 1.165) is 15.8 Å². The summed E-state index contributed by atoms with van der Waals surface area (Å²) in [6.07, 6.45) is 3.25. The van der Waals surface area contributed by atoms with Gasteiger partial charge in [-0.25, -0.2) is 9.97 Å². The normalized spacial score (nSPS) is 9.85. The Hall–Kier alpha value is -1.65. The molecule has 13 heavy (non-hydrogen) atoms. The SMILES string of the molecule is [N-]=[N+]=NCc1csc2cncnc12. The molecule has 0 amide bonds. The minimum atomic E-state index is 0.355. The van der Waals surface area contributed by atoms with Gasteiger partial charge in [0.1, 0.15) is 6.33 Å². The lowest BCUT2D eigenvalue weighted by Gasteiger charge is -1.89. The summed E-state index contributed by atoms with van der Waals surface area (Å²) in [4.78, 5) is 10.7. The van der Waals surface area contributed by atoms with Gasteiger partial charge in [-0.1, -0.05) is 5.11 Å². The number of hydrogen-bond acceptors (Lipinski definition) is 4. The van der Waals surface area contributed by atoms with E-state index in [1.165, 1.54) is 6.33 Å². The maximum absolute atomic E-state index is 8.17. The summed E-state index contributed by atoms with van der Waals surface area (Å²) in [7, 11) is 0. The highest BCUT2D eigenvalue weighted by atomic mass is 32.1. The van der Waals surface area contributed by atoms with Gasteiger partial charge in [0.25, 0.3) is 0 Å². The van der Waals surface area contributed by atoms with Crippen molar-refractivity contribution in [3.63, 3.8) is 0 Å². The van der Waals surface area contributed by atoms with Gasteiger partial charge in [0.15, 0.2) is 0 Å². The van der Waals surface area contributed by atoms with Crippen molar-refractivity contribution in [2.75, 3.05) is 0 Å². The minimum Gasteiger partial charge on any atom is -0.243 e. The van der Waals surface area contributed by atoms with Crippen LogP contribution in [0.1, 0.15) is 5.56 Å². The van der Waals surface area contributed by atoms with Gasteiger partial charge >= 0.3 is 0 Å². The number of fused-ring (bicyclic) bond motifs is 1. The predicted octanol–water partition coefficient (Wildman–Crippen LogP) is 2.50. The van der Waals surface area contributed by atoms with Crippen molar-refractivity contribution in [3.05, 3.63) is 33.9 Å². The van der Waals surface area contributed by atoms with E-state index in [-0.39, 0.29) is 0 Å². The first kappa shape index (κ1) is 7.97. The van der Waals surface area contributed by atoms with Crippen LogP contribution in [-0.4, -0.2) is 9.97 Å². The maximum atomic E-state index is 8.17. The maximum Gasteiger partial charge on any atom is 0.116 e. The van der Waals surface area contributed by atoms with Crippen LogP contribution in [0, 0.1) is 0 Å². The molecular weight excluding hydrogens is 186 g/mol. The van der Waals surface area contributed by atoms with E-state index >= 15 is 0 Å². The smallest absolute Gasteiger partial charge is 0.116 e. The Morgan fingerprint density at radius 2 is 2.54 bits per heavy atom. The minimum absolute atomic E-state index is 0.355. The van der Waals surface area contributed by atoms with Crippen LogP contribution in [0.4, 0.5) is 0 Å². The van der Waals surface area contributed by atoms with Crippen molar-refractivity contribution in [1.29, 1.82) is 0 Å². The first-order valence-electron chi connectivity index (χ1n) is 3.59. The molecule has 0 saturated heterocycles. The second-order valence-electron chi connectivity index (χ2n) is 2.39. The van der Waals surface area contributed by atoms with E-state index < -0.39 is 0 Å². The zero-order chi connectivity index (χ0) is 9.10. The lowest BCUT2D eigenvalue weighted by atomic mass is 10.3. The molecule has 2 aromatic rings. The van der Waals surface area contributed by atoms with Crippen LogP contribution in [0.3, 0.4) is 0 Å². The third-order valence-corrected chi connectivity index (χ3v) is 2.57. The Kier molecular flexibility index (Phi) is 2.08. The number of thiophene rings is 1. The molecule has 0 atom stereocenters. The summed E-state index contributed by atoms with van der Waals surface area (Å²) >= 11 is 1.56. The van der Waals surface area contributed by atoms with Crippen LogP contribution in [0.2, 0.25) is 0 Å². The molecule has 2 rings (SSSR count). The standard InChI is InChI=1S/C7H5N5S/c8-12-11-1-5-3-13-6-2-9-4-10-7(5)6/h2-4H,1H2. The molecule has 0 N–H and O–H groups in total. The van der Waals surface area contributed by atoms with Gasteiger partial charge in [-0.2, -0.15) is 0 Å². The van der Waals surface area contributed by atoms with Crippen molar-refractivity contribution < 1.29 is 0 Å². The number of aromatic nitrogens is 2. The molecule has 0 aromatic carbocycles. The van der Waals surface area contributed by atoms with Crippen LogP contribution >= 0.6 is 11.3 Å². The van der Waals surface area contributed by atoms with E-state index in [1.54, 1.807) is 17.5 Å². The van der Waals surface area contributed by atoms with Crippen LogP contribution in [0.25, 0.3) is 20.7 Å². The predicted molar refractivity (Wildman–Crippen MR) is 50.3 cm³/mol. The highest BCUT2D eigenvalue weighted by molar-refractivity contribution is 7.17. The zero-order valence-corrected chi connectivity index (χ0v) is 7.40. The van der Waals surface area contributed by atoms with Gasteiger partial charge in [0.2, 0.25) is 0 Å². The quantitative estimate of drug-likeness (QED) is 0.415. The molecule has 0 saturated carbocycles. The van der Waals surface area contributed by atoms with Crippen LogP contribution in [0.5, 0.6) is 0 Å². The van der Waals surface area contributed by atoms with E-state index in [0.29, 0.717) is 6.54 Å². The number of nitrogens with zero attached hydrogens (tertiary/aromatic N) is 5. The first-order chi connectivity index (χ1) is 6.42. The summed E-state index contributed by atoms with van der Waals surface area (Å²) in [5.74, 6) is 0. The van der Waals surface area contributed by atoms with Crippen molar-refractivity contribution >= 4 is 21.6 Å². The first-order valence-corrected chi connectivity index (χ1v) is 4.46. The number of hydrogen-bond donors (Lipinski definition) is 0. The highest BCUT2D eigenvalue weighted by Gasteiger charge is 2.02. The zero-order valence-electron chi connectivity index (χ0n) is 6.58. The monoisotopic (exact) mass is 191 g/mol. The van der Waals surface area contributed by atoms with E-state index in [4.69, 9.17) is 5.53 Å². The highest BCUT2D eigenvalue weighted by Crippen LogP contribution is 2.23. The number of rotatable bonds is 2. The molecule has 2 aromatic heterocycles. The fraction of sp³-hybridized carbons (Fsp3) is 0.143. The summed E-state index contributed by atoms with van der Waals surface area (Å²) in [6, 6.07) is 0. The van der Waals surface area contributed by atoms with Gasteiger partial charge in [0.05, 0.1) is 16.8 Å². The summed E-state index contributed by atoms with van der Waals surface area (Å²) < 4.78 is 1.02. The summed E-state index contributed by atoms with van der Waals surface area (Å²) in [5, 5.41) is 5.43. The molecule has 6 heteroatoms. The molecule has 0 aliphatic carbocycles. The molecule has 0 radical (unpaired) electrons. The third-order valence-electron chi connectivity index (χ3n) is 1.62. The Morgan fingerprint density at radius 1 is 1.62 bits per heavy atom. The van der Waals surface area contributed by atoms with Crippen molar-refractivity contribution in [1.82, 2.24) is 9.97 Å². The van der Waals surface area contributed by atoms with E-state index in [1.807, 2.05) is 5.38 Å². The fourth-order valence-corrected chi connectivity index (χ4v) is 1.93. The van der Waals surface area contributed by atoms with Gasteiger partial charge in [-0.15, -0.1) is 11.3 Å².